The molecule has 0 saturated heterocycles. The highest BCUT2D eigenvalue weighted by molar-refractivity contribution is 6.33. The van der Waals surface area contributed by atoms with Crippen LogP contribution in [0.5, 0.6) is 0 Å². The van der Waals surface area contributed by atoms with Crippen molar-refractivity contribution < 1.29 is 4.79 Å². The van der Waals surface area contributed by atoms with Crippen molar-refractivity contribution in [2.45, 2.75) is 32.6 Å². The summed E-state index contributed by atoms with van der Waals surface area (Å²) < 4.78 is 0. The Bertz CT molecular complexity index is 491. The predicted octanol–water partition coefficient (Wildman–Crippen LogP) is 4.85. The van der Waals surface area contributed by atoms with E-state index >= 15 is 0 Å². The normalized spacial score (nSPS) is 19.5. The number of hydrogen-bond acceptors (Lipinski definition) is 1. The fourth-order valence-corrected chi connectivity index (χ4v) is 2.56. The molecule has 1 unspecified atom stereocenters. The van der Waals surface area contributed by atoms with E-state index in [9.17, 15) is 4.79 Å². The Labute approximate surface area is 118 Å². The molecule has 18 heavy (non-hydrogen) atoms. The third-order valence-corrected chi connectivity index (χ3v) is 3.99. The Morgan fingerprint density at radius 3 is 2.83 bits per heavy atom. The first kappa shape index (κ1) is 13.6. The van der Waals surface area contributed by atoms with Crippen LogP contribution in [0.4, 0.5) is 0 Å². The largest absolute Gasteiger partial charge is 0.294 e. The molecular weight excluding hydrogens is 267 g/mol. The van der Waals surface area contributed by atoms with Crippen molar-refractivity contribution in [1.82, 2.24) is 0 Å². The standard InChI is InChI=1S/C15H16Cl2O/c1-10-2-4-11(5-3-10)15(18)9-12-8-13(16)6-7-14(12)17/h4,6-8,10H,2-3,5,9H2,1H3. The molecule has 0 fully saturated rings. The molecular formula is C15H16Cl2O. The van der Waals surface area contributed by atoms with E-state index in [1.807, 2.05) is 0 Å². The zero-order valence-corrected chi connectivity index (χ0v) is 11.9. The minimum atomic E-state index is 0.172. The molecule has 96 valence electrons. The monoisotopic (exact) mass is 282 g/mol. The van der Waals surface area contributed by atoms with E-state index in [4.69, 9.17) is 23.2 Å². The topological polar surface area (TPSA) is 17.1 Å². The Morgan fingerprint density at radius 1 is 1.39 bits per heavy atom. The minimum absolute atomic E-state index is 0.172. The quantitative estimate of drug-likeness (QED) is 0.774. The van der Waals surface area contributed by atoms with Gasteiger partial charge in [0, 0.05) is 16.5 Å². The second-order valence-corrected chi connectivity index (χ2v) is 5.79. The molecule has 1 aliphatic rings. The van der Waals surface area contributed by atoms with E-state index in [0.717, 1.165) is 30.4 Å². The number of hydrogen-bond donors (Lipinski definition) is 0. The van der Waals surface area contributed by atoms with Crippen LogP contribution in [0.15, 0.2) is 29.8 Å². The molecule has 0 spiro atoms. The fraction of sp³-hybridized carbons (Fsp3) is 0.400. The van der Waals surface area contributed by atoms with Crippen molar-refractivity contribution in [3.05, 3.63) is 45.5 Å². The molecule has 1 aromatic rings. The van der Waals surface area contributed by atoms with Crippen LogP contribution < -0.4 is 0 Å². The number of benzene rings is 1. The molecule has 0 amide bonds. The van der Waals surface area contributed by atoms with Gasteiger partial charge in [-0.05, 0) is 54.5 Å². The maximum Gasteiger partial charge on any atom is 0.162 e. The minimum Gasteiger partial charge on any atom is -0.294 e. The molecule has 1 atom stereocenters. The van der Waals surface area contributed by atoms with Crippen LogP contribution >= 0.6 is 23.2 Å². The molecule has 2 rings (SSSR count). The Morgan fingerprint density at radius 2 is 2.17 bits per heavy atom. The average Bonchev–Trinajstić information content (AvgIpc) is 2.34. The molecule has 0 aromatic heterocycles. The summed E-state index contributed by atoms with van der Waals surface area (Å²) in [5.41, 5.74) is 1.76. The lowest BCUT2D eigenvalue weighted by Gasteiger charge is -2.17. The summed E-state index contributed by atoms with van der Waals surface area (Å²) in [6, 6.07) is 5.25. The van der Waals surface area contributed by atoms with E-state index in [1.54, 1.807) is 18.2 Å². The third kappa shape index (κ3) is 3.37. The van der Waals surface area contributed by atoms with E-state index < -0.39 is 0 Å². The number of Topliss-reactive ketones (excluding diaryl/α,β-unsaturated/α-hetero) is 1. The third-order valence-electron chi connectivity index (χ3n) is 3.39. The summed E-state index contributed by atoms with van der Waals surface area (Å²) in [5, 5.41) is 1.23. The molecule has 0 saturated carbocycles. The van der Waals surface area contributed by atoms with Gasteiger partial charge < -0.3 is 0 Å². The molecule has 1 nitrogen and oxygen atoms in total. The van der Waals surface area contributed by atoms with Gasteiger partial charge in [-0.15, -0.1) is 0 Å². The summed E-state index contributed by atoms with van der Waals surface area (Å²) in [6.07, 6.45) is 5.41. The zero-order valence-electron chi connectivity index (χ0n) is 10.4. The zero-order chi connectivity index (χ0) is 13.1. The Hall–Kier alpha value is -0.790. The van der Waals surface area contributed by atoms with Crippen LogP contribution in [0, 0.1) is 5.92 Å². The summed E-state index contributed by atoms with van der Waals surface area (Å²) in [5.74, 6) is 0.863. The lowest BCUT2D eigenvalue weighted by Crippen LogP contribution is -2.12. The van der Waals surface area contributed by atoms with E-state index in [1.165, 1.54) is 0 Å². The van der Waals surface area contributed by atoms with E-state index in [2.05, 4.69) is 13.0 Å². The molecule has 3 heteroatoms. The molecule has 0 aliphatic heterocycles. The summed E-state index contributed by atoms with van der Waals surface area (Å²) in [7, 11) is 0. The van der Waals surface area contributed by atoms with Gasteiger partial charge in [-0.2, -0.15) is 0 Å². The summed E-state index contributed by atoms with van der Waals surface area (Å²) >= 11 is 12.0. The van der Waals surface area contributed by atoms with Crippen molar-refractivity contribution in [2.75, 3.05) is 0 Å². The van der Waals surface area contributed by atoms with Crippen LogP contribution in [0.2, 0.25) is 10.0 Å². The fourth-order valence-electron chi connectivity index (χ4n) is 2.18. The van der Waals surface area contributed by atoms with Crippen molar-refractivity contribution in [1.29, 1.82) is 0 Å². The van der Waals surface area contributed by atoms with Gasteiger partial charge in [0.25, 0.3) is 0 Å². The van der Waals surface area contributed by atoms with Gasteiger partial charge in [-0.25, -0.2) is 0 Å². The van der Waals surface area contributed by atoms with Crippen molar-refractivity contribution >= 4 is 29.0 Å². The van der Waals surface area contributed by atoms with Gasteiger partial charge in [0.15, 0.2) is 5.78 Å². The van der Waals surface area contributed by atoms with Gasteiger partial charge >= 0.3 is 0 Å². The lowest BCUT2D eigenvalue weighted by atomic mass is 9.88. The molecule has 1 aromatic carbocycles. The van der Waals surface area contributed by atoms with Crippen LogP contribution in [-0.2, 0) is 11.2 Å². The molecule has 0 radical (unpaired) electrons. The van der Waals surface area contributed by atoms with Gasteiger partial charge in [0.2, 0.25) is 0 Å². The molecule has 0 bridgehead atoms. The highest BCUT2D eigenvalue weighted by atomic mass is 35.5. The molecule has 0 heterocycles. The number of ketones is 1. The number of allylic oxidation sites excluding steroid dienone is 2. The van der Waals surface area contributed by atoms with Crippen molar-refractivity contribution in [2.24, 2.45) is 5.92 Å². The van der Waals surface area contributed by atoms with Gasteiger partial charge in [0.05, 0.1) is 0 Å². The second kappa shape index (κ2) is 5.90. The Kier molecular flexibility index (Phi) is 4.47. The predicted molar refractivity (Wildman–Crippen MR) is 76.3 cm³/mol. The maximum atomic E-state index is 12.2. The maximum absolute atomic E-state index is 12.2. The van der Waals surface area contributed by atoms with Crippen LogP contribution in [0.3, 0.4) is 0 Å². The van der Waals surface area contributed by atoms with Crippen molar-refractivity contribution in [3.63, 3.8) is 0 Å². The highest BCUT2D eigenvalue weighted by Crippen LogP contribution is 2.26. The van der Waals surface area contributed by atoms with Gasteiger partial charge in [-0.1, -0.05) is 36.2 Å². The first-order valence-electron chi connectivity index (χ1n) is 6.22. The van der Waals surface area contributed by atoms with Crippen LogP contribution in [-0.4, -0.2) is 5.78 Å². The number of rotatable bonds is 3. The van der Waals surface area contributed by atoms with Crippen molar-refractivity contribution in [3.8, 4) is 0 Å². The average molecular weight is 283 g/mol. The second-order valence-electron chi connectivity index (χ2n) is 4.94. The highest BCUT2D eigenvalue weighted by Gasteiger charge is 2.17. The van der Waals surface area contributed by atoms with Crippen LogP contribution in [0.1, 0.15) is 31.7 Å². The number of halogens is 2. The number of carbonyl (C=O) groups excluding carboxylic acids is 1. The van der Waals surface area contributed by atoms with Gasteiger partial charge in [0.1, 0.15) is 0 Å². The first-order valence-corrected chi connectivity index (χ1v) is 6.98. The first-order chi connectivity index (χ1) is 8.56. The number of carbonyl (C=O) groups is 1. The smallest absolute Gasteiger partial charge is 0.162 e. The summed E-state index contributed by atoms with van der Waals surface area (Å²) in [6.45, 7) is 2.21. The van der Waals surface area contributed by atoms with Gasteiger partial charge in [-0.3, -0.25) is 4.79 Å². The van der Waals surface area contributed by atoms with Crippen LogP contribution in [0.25, 0.3) is 0 Å². The molecule has 0 N–H and O–H groups in total. The Balaban J connectivity index is 2.09. The van der Waals surface area contributed by atoms with E-state index in [-0.39, 0.29) is 5.78 Å². The van der Waals surface area contributed by atoms with E-state index in [0.29, 0.717) is 22.4 Å². The lowest BCUT2D eigenvalue weighted by molar-refractivity contribution is -0.115. The summed E-state index contributed by atoms with van der Waals surface area (Å²) in [4.78, 5) is 12.2. The molecule has 1 aliphatic carbocycles. The SMILES string of the molecule is CC1CC=C(C(=O)Cc2cc(Cl)ccc2Cl)CC1.